The van der Waals surface area contributed by atoms with Gasteiger partial charge in [-0.3, -0.25) is 0 Å². The molecule has 0 fully saturated rings. The van der Waals surface area contributed by atoms with E-state index in [0.717, 1.165) is 37.2 Å². The highest BCUT2D eigenvalue weighted by Gasteiger charge is 2.06. The van der Waals surface area contributed by atoms with Crippen LogP contribution in [0.15, 0.2) is 18.2 Å². The van der Waals surface area contributed by atoms with E-state index in [0.29, 0.717) is 6.42 Å². The number of likely N-dealkylation sites (N-methyl/N-ethyl adjacent to an activating group) is 1. The largest absolute Gasteiger partial charge is 0.496 e. The molecule has 0 saturated carbocycles. The summed E-state index contributed by atoms with van der Waals surface area (Å²) in [7, 11) is 3.60. The molecule has 0 unspecified atom stereocenters. The Hall–Kier alpha value is -1.42. The highest BCUT2D eigenvalue weighted by atomic mass is 19.1. The molecule has 106 valence electrons. The summed E-state index contributed by atoms with van der Waals surface area (Å²) in [6.07, 6.45) is 2.22. The van der Waals surface area contributed by atoms with Gasteiger partial charge in [-0.25, -0.2) is 4.39 Å². The summed E-state index contributed by atoms with van der Waals surface area (Å²) in [6.45, 7) is 3.30. The first kappa shape index (κ1) is 15.6. The second-order valence-electron chi connectivity index (χ2n) is 4.82. The second kappa shape index (κ2) is 7.89. The number of ether oxygens (including phenoxy) is 1. The molecule has 4 heteroatoms. The van der Waals surface area contributed by atoms with Gasteiger partial charge in [0, 0.05) is 13.0 Å². The predicted molar refractivity (Wildman–Crippen MR) is 74.1 cm³/mol. The van der Waals surface area contributed by atoms with Crippen LogP contribution in [-0.4, -0.2) is 37.9 Å². The van der Waals surface area contributed by atoms with Crippen molar-refractivity contribution < 1.29 is 13.9 Å². The Bertz CT molecular complexity index is 421. The molecule has 1 rings (SSSR count). The zero-order valence-corrected chi connectivity index (χ0v) is 11.9. The van der Waals surface area contributed by atoms with Crippen LogP contribution in [0.2, 0.25) is 0 Å². The number of methoxy groups -OCH3 is 1. The van der Waals surface area contributed by atoms with Crippen LogP contribution in [0.3, 0.4) is 0 Å². The molecule has 0 spiro atoms. The van der Waals surface area contributed by atoms with E-state index in [-0.39, 0.29) is 11.6 Å². The molecule has 0 heterocycles. The van der Waals surface area contributed by atoms with Crippen molar-refractivity contribution in [2.24, 2.45) is 0 Å². The molecule has 0 aliphatic rings. The van der Waals surface area contributed by atoms with Crippen molar-refractivity contribution in [1.29, 1.82) is 0 Å². The fourth-order valence-electron chi connectivity index (χ4n) is 1.96. The maximum Gasteiger partial charge on any atom is 0.129 e. The Labute approximate surface area is 114 Å². The molecule has 0 aliphatic carbocycles. The van der Waals surface area contributed by atoms with E-state index in [1.165, 1.54) is 12.1 Å². The average Bonchev–Trinajstić information content (AvgIpc) is 2.36. The molecule has 0 radical (unpaired) electrons. The summed E-state index contributed by atoms with van der Waals surface area (Å²) < 4.78 is 18.4. The van der Waals surface area contributed by atoms with Crippen molar-refractivity contribution in [3.63, 3.8) is 0 Å². The number of rotatable bonds is 8. The maximum atomic E-state index is 13.2. The molecule has 0 amide bonds. The zero-order chi connectivity index (χ0) is 14.3. The van der Waals surface area contributed by atoms with Gasteiger partial charge in [0.1, 0.15) is 17.3 Å². The van der Waals surface area contributed by atoms with Crippen molar-refractivity contribution in [2.45, 2.75) is 26.2 Å². The molecule has 1 aromatic carbocycles. The van der Waals surface area contributed by atoms with Gasteiger partial charge < -0.3 is 14.4 Å². The second-order valence-corrected chi connectivity index (χ2v) is 4.82. The summed E-state index contributed by atoms with van der Waals surface area (Å²) >= 11 is 0. The number of Topliss-reactive ketones (excluding diaryl/α,β-unsaturated/α-hetero) is 1. The normalized spacial score (nSPS) is 10.8. The molecule has 19 heavy (non-hydrogen) atoms. The van der Waals surface area contributed by atoms with Gasteiger partial charge in [0.15, 0.2) is 0 Å². The molecule has 0 bridgehead atoms. The van der Waals surface area contributed by atoms with Crippen LogP contribution < -0.4 is 4.74 Å². The van der Waals surface area contributed by atoms with E-state index in [4.69, 9.17) is 4.74 Å². The van der Waals surface area contributed by atoms with Gasteiger partial charge in [0.05, 0.1) is 7.11 Å². The highest BCUT2D eigenvalue weighted by Crippen LogP contribution is 2.19. The summed E-state index contributed by atoms with van der Waals surface area (Å²) in [5.74, 6) is 0.703. The van der Waals surface area contributed by atoms with Crippen LogP contribution in [0.5, 0.6) is 5.75 Å². The lowest BCUT2D eigenvalue weighted by atomic mass is 10.1. The lowest BCUT2D eigenvalue weighted by Crippen LogP contribution is -2.23. The third-order valence-electron chi connectivity index (χ3n) is 3.07. The molecular weight excluding hydrogens is 245 g/mol. The van der Waals surface area contributed by atoms with Gasteiger partial charge >= 0.3 is 0 Å². The van der Waals surface area contributed by atoms with Gasteiger partial charge in [0.2, 0.25) is 0 Å². The number of hydrogen-bond acceptors (Lipinski definition) is 3. The van der Waals surface area contributed by atoms with Gasteiger partial charge in [-0.2, -0.15) is 0 Å². The minimum absolute atomic E-state index is 0.222. The Morgan fingerprint density at radius 2 is 2.11 bits per heavy atom. The summed E-state index contributed by atoms with van der Waals surface area (Å²) in [5.41, 5.74) is 0.876. The minimum atomic E-state index is -0.241. The third kappa shape index (κ3) is 5.83. The van der Waals surface area contributed by atoms with Crippen LogP contribution in [0.4, 0.5) is 4.39 Å². The van der Waals surface area contributed by atoms with Gasteiger partial charge in [-0.05, 0) is 57.1 Å². The number of benzene rings is 1. The van der Waals surface area contributed by atoms with Crippen LogP contribution in [0.1, 0.15) is 25.3 Å². The third-order valence-corrected chi connectivity index (χ3v) is 3.07. The van der Waals surface area contributed by atoms with Crippen LogP contribution >= 0.6 is 0 Å². The first-order valence-electron chi connectivity index (χ1n) is 6.53. The van der Waals surface area contributed by atoms with Crippen LogP contribution in [-0.2, 0) is 11.2 Å². The van der Waals surface area contributed by atoms with Crippen molar-refractivity contribution in [3.05, 3.63) is 29.6 Å². The SMILES string of the molecule is COc1ccc(F)cc1CCN(C)CCCC(C)=O. The topological polar surface area (TPSA) is 29.5 Å². The smallest absolute Gasteiger partial charge is 0.129 e. The standard InChI is InChI=1S/C15H22FNO2/c1-12(18)5-4-9-17(2)10-8-13-11-14(16)6-7-15(13)19-3/h6-7,11H,4-5,8-10H2,1-3H3. The van der Waals surface area contributed by atoms with E-state index in [9.17, 15) is 9.18 Å². The number of ketones is 1. The van der Waals surface area contributed by atoms with Crippen LogP contribution in [0, 0.1) is 5.82 Å². The van der Waals surface area contributed by atoms with E-state index in [1.807, 2.05) is 7.05 Å². The number of halogens is 1. The molecule has 0 N–H and O–H groups in total. The van der Waals surface area contributed by atoms with Crippen molar-refractivity contribution in [2.75, 3.05) is 27.2 Å². The fraction of sp³-hybridized carbons (Fsp3) is 0.533. The Morgan fingerprint density at radius 1 is 1.37 bits per heavy atom. The number of carbonyl (C=O) groups excluding carboxylic acids is 1. The van der Waals surface area contributed by atoms with Crippen LogP contribution in [0.25, 0.3) is 0 Å². The number of nitrogens with zero attached hydrogens (tertiary/aromatic N) is 1. The average molecular weight is 267 g/mol. The van der Waals surface area contributed by atoms with Crippen molar-refractivity contribution in [3.8, 4) is 5.75 Å². The summed E-state index contributed by atoms with van der Waals surface area (Å²) in [6, 6.07) is 4.57. The van der Waals surface area contributed by atoms with Crippen molar-refractivity contribution in [1.82, 2.24) is 4.90 Å². The quantitative estimate of drug-likeness (QED) is 0.725. The fourth-order valence-corrected chi connectivity index (χ4v) is 1.96. The van der Waals surface area contributed by atoms with Gasteiger partial charge in [-0.15, -0.1) is 0 Å². The Kier molecular flexibility index (Phi) is 6.50. The van der Waals surface area contributed by atoms with E-state index >= 15 is 0 Å². The highest BCUT2D eigenvalue weighted by molar-refractivity contribution is 5.75. The summed E-state index contributed by atoms with van der Waals surface area (Å²) in [4.78, 5) is 13.0. The lowest BCUT2D eigenvalue weighted by molar-refractivity contribution is -0.117. The van der Waals surface area contributed by atoms with Crippen molar-refractivity contribution >= 4 is 5.78 Å². The molecule has 0 atom stereocenters. The molecular formula is C15H22FNO2. The molecule has 0 aliphatic heterocycles. The Morgan fingerprint density at radius 3 is 2.74 bits per heavy atom. The zero-order valence-electron chi connectivity index (χ0n) is 11.9. The maximum absolute atomic E-state index is 13.2. The van der Waals surface area contributed by atoms with Gasteiger partial charge in [-0.1, -0.05) is 0 Å². The molecule has 0 aromatic heterocycles. The van der Waals surface area contributed by atoms with E-state index in [1.54, 1.807) is 20.1 Å². The lowest BCUT2D eigenvalue weighted by Gasteiger charge is -2.17. The monoisotopic (exact) mass is 267 g/mol. The molecule has 3 nitrogen and oxygen atoms in total. The number of hydrogen-bond donors (Lipinski definition) is 0. The summed E-state index contributed by atoms with van der Waals surface area (Å²) in [5, 5.41) is 0. The Balaban J connectivity index is 2.43. The first-order chi connectivity index (χ1) is 9.02. The van der Waals surface area contributed by atoms with E-state index in [2.05, 4.69) is 4.90 Å². The molecule has 1 aromatic rings. The van der Waals surface area contributed by atoms with E-state index < -0.39 is 0 Å². The minimum Gasteiger partial charge on any atom is -0.496 e. The first-order valence-corrected chi connectivity index (χ1v) is 6.53. The number of carbonyl (C=O) groups is 1. The van der Waals surface area contributed by atoms with Gasteiger partial charge in [0.25, 0.3) is 0 Å². The molecule has 0 saturated heterocycles. The predicted octanol–water partition coefficient (Wildman–Crippen LogP) is 2.68.